The molecule has 0 aliphatic carbocycles. The fourth-order valence-electron chi connectivity index (χ4n) is 9.70. The van der Waals surface area contributed by atoms with E-state index < -0.39 is 49.5 Å². The van der Waals surface area contributed by atoms with Crippen LogP contribution in [0, 0.1) is 0 Å². The van der Waals surface area contributed by atoms with Crippen molar-refractivity contribution in [2.75, 3.05) is 13.2 Å². The van der Waals surface area contributed by atoms with Gasteiger partial charge in [0.25, 0.3) is 0 Å². The van der Waals surface area contributed by atoms with Gasteiger partial charge in [0, 0.05) is 6.42 Å². The first kappa shape index (κ1) is 66.4. The summed E-state index contributed by atoms with van der Waals surface area (Å²) in [4.78, 5) is 13.0. The molecular formula is C61H115NO8. The van der Waals surface area contributed by atoms with E-state index >= 15 is 0 Å². The smallest absolute Gasteiger partial charge is 0.220 e. The third-order valence-corrected chi connectivity index (χ3v) is 14.5. The summed E-state index contributed by atoms with van der Waals surface area (Å²) in [5, 5.41) is 54.5. The molecule has 1 saturated heterocycles. The number of carbonyl (C=O) groups excluding carboxylic acids is 1. The summed E-state index contributed by atoms with van der Waals surface area (Å²) in [5.41, 5.74) is 0. The van der Waals surface area contributed by atoms with Crippen LogP contribution in [-0.4, -0.2) is 87.5 Å². The predicted molar refractivity (Wildman–Crippen MR) is 295 cm³/mol. The van der Waals surface area contributed by atoms with E-state index in [4.69, 9.17) is 9.47 Å². The molecule has 1 amide bonds. The van der Waals surface area contributed by atoms with E-state index in [1.165, 1.54) is 212 Å². The lowest BCUT2D eigenvalue weighted by Crippen LogP contribution is -2.60. The number of hydrogen-bond donors (Lipinski definition) is 6. The van der Waals surface area contributed by atoms with E-state index in [9.17, 15) is 30.3 Å². The van der Waals surface area contributed by atoms with E-state index in [1.807, 2.05) is 0 Å². The molecular weight excluding hydrogens is 875 g/mol. The minimum Gasteiger partial charge on any atom is -0.394 e. The van der Waals surface area contributed by atoms with Gasteiger partial charge in [-0.3, -0.25) is 4.79 Å². The van der Waals surface area contributed by atoms with E-state index in [0.29, 0.717) is 12.8 Å². The number of carbonyl (C=O) groups is 1. The minimum atomic E-state index is -1.55. The zero-order chi connectivity index (χ0) is 50.8. The third kappa shape index (κ3) is 39.9. The Kier molecular flexibility index (Phi) is 48.3. The van der Waals surface area contributed by atoms with Crippen LogP contribution in [0.15, 0.2) is 36.5 Å². The number of hydrogen-bond acceptors (Lipinski definition) is 8. The maximum Gasteiger partial charge on any atom is 0.220 e. The largest absolute Gasteiger partial charge is 0.394 e. The van der Waals surface area contributed by atoms with Gasteiger partial charge in [0.2, 0.25) is 5.91 Å². The van der Waals surface area contributed by atoms with E-state index in [0.717, 1.165) is 51.4 Å². The zero-order valence-electron chi connectivity index (χ0n) is 45.8. The van der Waals surface area contributed by atoms with E-state index in [-0.39, 0.29) is 12.5 Å². The van der Waals surface area contributed by atoms with Crippen LogP contribution in [0.1, 0.15) is 290 Å². The van der Waals surface area contributed by atoms with Crippen molar-refractivity contribution >= 4 is 5.91 Å². The highest BCUT2D eigenvalue weighted by molar-refractivity contribution is 5.76. The SMILES string of the molecule is CCCCCCC/C=C\C/C=C\C/C=C\CCCCCCCCCCCCCCCCCCCCCCCCC(=O)NC(COC1OC(CO)C(O)C(O)C1O)C(O)CCCCCCCCCCCC. The molecule has 7 atom stereocenters. The first-order valence-corrected chi connectivity index (χ1v) is 30.2. The quantitative estimate of drug-likeness (QED) is 0.0261. The van der Waals surface area contributed by atoms with Gasteiger partial charge in [-0.2, -0.15) is 0 Å². The van der Waals surface area contributed by atoms with Crippen LogP contribution in [0.25, 0.3) is 0 Å². The highest BCUT2D eigenvalue weighted by atomic mass is 16.7. The average Bonchev–Trinajstić information content (AvgIpc) is 3.36. The number of nitrogens with one attached hydrogen (secondary N) is 1. The Morgan fingerprint density at radius 1 is 0.486 bits per heavy atom. The van der Waals surface area contributed by atoms with Gasteiger partial charge < -0.3 is 40.3 Å². The molecule has 9 nitrogen and oxygen atoms in total. The normalized spacial score (nSPS) is 19.6. The molecule has 0 bridgehead atoms. The molecule has 70 heavy (non-hydrogen) atoms. The Labute approximate surface area is 431 Å². The van der Waals surface area contributed by atoms with Gasteiger partial charge in [-0.05, 0) is 51.4 Å². The standard InChI is InChI=1S/C61H115NO8/c1-3-5-7-9-11-13-15-16-17-18-19-20-21-22-23-24-25-26-27-28-29-30-31-32-33-34-35-36-37-38-39-40-41-43-45-47-49-51-57(65)62-54(53-69-61-60(68)59(67)58(66)56(52-63)70-61)55(64)50-48-46-44-42-14-12-10-8-6-4-2/h15-16,18-19,21-22,54-56,58-61,63-64,66-68H,3-14,17,20,23-53H2,1-2H3,(H,62,65)/b16-15-,19-18-,22-21-. The van der Waals surface area contributed by atoms with Crippen molar-refractivity contribution in [3.63, 3.8) is 0 Å². The van der Waals surface area contributed by atoms with Crippen molar-refractivity contribution in [3.05, 3.63) is 36.5 Å². The van der Waals surface area contributed by atoms with Crippen LogP contribution in [0.3, 0.4) is 0 Å². The number of unbranched alkanes of at least 4 members (excludes halogenated alkanes) is 36. The van der Waals surface area contributed by atoms with Crippen LogP contribution < -0.4 is 5.32 Å². The number of rotatable bonds is 52. The fourth-order valence-corrected chi connectivity index (χ4v) is 9.70. The van der Waals surface area contributed by atoms with Crippen molar-refractivity contribution in [2.24, 2.45) is 0 Å². The van der Waals surface area contributed by atoms with Gasteiger partial charge in [0.1, 0.15) is 24.4 Å². The van der Waals surface area contributed by atoms with Crippen molar-refractivity contribution in [3.8, 4) is 0 Å². The monoisotopic (exact) mass is 990 g/mol. The van der Waals surface area contributed by atoms with E-state index in [2.05, 4.69) is 55.6 Å². The molecule has 9 heteroatoms. The Morgan fingerprint density at radius 3 is 1.24 bits per heavy atom. The molecule has 0 aromatic heterocycles. The molecule has 6 N–H and O–H groups in total. The number of amides is 1. The summed E-state index contributed by atoms with van der Waals surface area (Å²) >= 11 is 0. The van der Waals surface area contributed by atoms with Gasteiger partial charge in [-0.25, -0.2) is 0 Å². The molecule has 7 unspecified atom stereocenters. The number of aliphatic hydroxyl groups excluding tert-OH is 5. The maximum absolute atomic E-state index is 13.0. The van der Waals surface area contributed by atoms with Crippen molar-refractivity contribution < 1.29 is 39.8 Å². The summed E-state index contributed by atoms with van der Waals surface area (Å²) < 4.78 is 11.3. The Morgan fingerprint density at radius 2 is 0.843 bits per heavy atom. The third-order valence-electron chi connectivity index (χ3n) is 14.5. The minimum absolute atomic E-state index is 0.135. The van der Waals surface area contributed by atoms with Crippen LogP contribution in [0.4, 0.5) is 0 Å². The van der Waals surface area contributed by atoms with Crippen LogP contribution >= 0.6 is 0 Å². The zero-order valence-corrected chi connectivity index (χ0v) is 45.8. The molecule has 1 fully saturated rings. The highest BCUT2D eigenvalue weighted by Crippen LogP contribution is 2.23. The molecule has 0 aromatic rings. The van der Waals surface area contributed by atoms with Crippen LogP contribution in [0.5, 0.6) is 0 Å². The van der Waals surface area contributed by atoms with Crippen molar-refractivity contribution in [2.45, 2.75) is 333 Å². The first-order chi connectivity index (χ1) is 34.3. The van der Waals surface area contributed by atoms with Crippen molar-refractivity contribution in [1.82, 2.24) is 5.32 Å². The second-order valence-electron chi connectivity index (χ2n) is 21.1. The molecule has 1 aliphatic rings. The number of aliphatic hydroxyl groups is 5. The summed E-state index contributed by atoms with van der Waals surface area (Å²) in [6, 6.07) is -0.715. The molecule has 0 radical (unpaired) electrons. The summed E-state index contributed by atoms with van der Waals surface area (Å²) in [6.07, 6.45) is 59.3. The lowest BCUT2D eigenvalue weighted by atomic mass is 9.99. The van der Waals surface area contributed by atoms with Crippen LogP contribution in [0.2, 0.25) is 0 Å². The van der Waals surface area contributed by atoms with E-state index in [1.54, 1.807) is 0 Å². The van der Waals surface area contributed by atoms with Crippen LogP contribution in [-0.2, 0) is 14.3 Å². The second kappa shape index (κ2) is 50.9. The molecule has 0 saturated carbocycles. The van der Waals surface area contributed by atoms with Gasteiger partial charge in [0.15, 0.2) is 6.29 Å². The number of allylic oxidation sites excluding steroid dienone is 6. The lowest BCUT2D eigenvalue weighted by molar-refractivity contribution is -0.302. The highest BCUT2D eigenvalue weighted by Gasteiger charge is 2.44. The second-order valence-corrected chi connectivity index (χ2v) is 21.1. The summed E-state index contributed by atoms with van der Waals surface area (Å²) in [7, 11) is 0. The van der Waals surface area contributed by atoms with Gasteiger partial charge in [-0.15, -0.1) is 0 Å². The molecule has 412 valence electrons. The van der Waals surface area contributed by atoms with Crippen molar-refractivity contribution in [1.29, 1.82) is 0 Å². The van der Waals surface area contributed by atoms with Gasteiger partial charge in [-0.1, -0.05) is 269 Å². The molecule has 0 aromatic carbocycles. The molecule has 1 aliphatic heterocycles. The molecule has 1 heterocycles. The lowest BCUT2D eigenvalue weighted by Gasteiger charge is -2.40. The topological polar surface area (TPSA) is 149 Å². The van der Waals surface area contributed by atoms with Gasteiger partial charge >= 0.3 is 0 Å². The summed E-state index contributed by atoms with van der Waals surface area (Å²) in [6.45, 7) is 3.82. The predicted octanol–water partition coefficient (Wildman–Crippen LogP) is 15.1. The number of ether oxygens (including phenoxy) is 2. The van der Waals surface area contributed by atoms with Gasteiger partial charge in [0.05, 0.1) is 25.4 Å². The maximum atomic E-state index is 13.0. The Bertz CT molecular complexity index is 1190. The molecule has 0 spiro atoms. The summed E-state index contributed by atoms with van der Waals surface area (Å²) in [5.74, 6) is -0.142. The average molecular weight is 991 g/mol. The fraction of sp³-hybridized carbons (Fsp3) is 0.885. The molecule has 1 rings (SSSR count). The first-order valence-electron chi connectivity index (χ1n) is 30.2. The Balaban J connectivity index is 2.02. The Hall–Kier alpha value is -1.59.